The number of ether oxygens (including phenoxy) is 1. The SMILES string of the molecule is COCCC(C)C(O)c1cc2c(s1)CCC2. The fraction of sp³-hybridized carbons (Fsp3) is 0.692. The smallest absolute Gasteiger partial charge is 0.0908 e. The highest BCUT2D eigenvalue weighted by molar-refractivity contribution is 7.12. The van der Waals surface area contributed by atoms with Crippen LogP contribution in [0.25, 0.3) is 0 Å². The van der Waals surface area contributed by atoms with E-state index in [0.29, 0.717) is 0 Å². The second-order valence-corrected chi connectivity index (χ2v) is 5.82. The van der Waals surface area contributed by atoms with Gasteiger partial charge in [-0.15, -0.1) is 11.3 Å². The number of methoxy groups -OCH3 is 1. The molecule has 0 spiro atoms. The van der Waals surface area contributed by atoms with Crippen LogP contribution in [0.15, 0.2) is 6.07 Å². The maximum absolute atomic E-state index is 10.2. The lowest BCUT2D eigenvalue weighted by Crippen LogP contribution is -2.10. The number of aliphatic hydroxyl groups is 1. The highest BCUT2D eigenvalue weighted by Crippen LogP contribution is 2.36. The highest BCUT2D eigenvalue weighted by Gasteiger charge is 2.22. The number of hydrogen-bond acceptors (Lipinski definition) is 3. The fourth-order valence-electron chi connectivity index (χ4n) is 2.24. The van der Waals surface area contributed by atoms with Gasteiger partial charge in [-0.25, -0.2) is 0 Å². The lowest BCUT2D eigenvalue weighted by Gasteiger charge is -2.17. The molecule has 1 N–H and O–H groups in total. The molecule has 1 aliphatic carbocycles. The van der Waals surface area contributed by atoms with Gasteiger partial charge in [0.2, 0.25) is 0 Å². The molecule has 0 saturated heterocycles. The van der Waals surface area contributed by atoms with Crippen molar-refractivity contribution in [2.45, 2.75) is 38.7 Å². The predicted octanol–water partition coefficient (Wildman–Crippen LogP) is 2.94. The number of aryl methyl sites for hydroxylation is 2. The van der Waals surface area contributed by atoms with E-state index < -0.39 is 0 Å². The fourth-order valence-corrected chi connectivity index (χ4v) is 3.62. The molecule has 1 aliphatic rings. The van der Waals surface area contributed by atoms with E-state index in [4.69, 9.17) is 4.74 Å². The molecule has 2 nitrogen and oxygen atoms in total. The molecule has 2 rings (SSSR count). The zero-order valence-electron chi connectivity index (χ0n) is 10.0. The van der Waals surface area contributed by atoms with Crippen LogP contribution < -0.4 is 0 Å². The molecule has 90 valence electrons. The van der Waals surface area contributed by atoms with E-state index in [0.717, 1.165) is 17.9 Å². The molecule has 2 atom stereocenters. The third kappa shape index (κ3) is 2.47. The van der Waals surface area contributed by atoms with Gasteiger partial charge in [-0.1, -0.05) is 6.92 Å². The number of rotatable bonds is 5. The Kier molecular flexibility index (Phi) is 4.00. The number of hydrogen-bond donors (Lipinski definition) is 1. The Labute approximate surface area is 101 Å². The summed E-state index contributed by atoms with van der Waals surface area (Å²) in [7, 11) is 1.71. The molecular weight excluding hydrogens is 220 g/mol. The Morgan fingerprint density at radius 2 is 2.31 bits per heavy atom. The molecule has 0 aromatic carbocycles. The topological polar surface area (TPSA) is 29.5 Å². The number of thiophene rings is 1. The third-order valence-corrected chi connectivity index (χ3v) is 4.68. The van der Waals surface area contributed by atoms with Crippen molar-refractivity contribution in [1.29, 1.82) is 0 Å². The minimum absolute atomic E-state index is 0.277. The van der Waals surface area contributed by atoms with E-state index in [1.807, 2.05) is 0 Å². The van der Waals surface area contributed by atoms with Crippen LogP contribution in [0.2, 0.25) is 0 Å². The summed E-state index contributed by atoms with van der Waals surface area (Å²) in [6.45, 7) is 2.82. The Morgan fingerprint density at radius 1 is 1.50 bits per heavy atom. The van der Waals surface area contributed by atoms with Gasteiger partial charge in [0.25, 0.3) is 0 Å². The summed E-state index contributed by atoms with van der Waals surface area (Å²) < 4.78 is 5.05. The van der Waals surface area contributed by atoms with Crippen molar-refractivity contribution < 1.29 is 9.84 Å². The van der Waals surface area contributed by atoms with Crippen molar-refractivity contribution in [2.75, 3.05) is 13.7 Å². The first-order chi connectivity index (χ1) is 7.72. The Bertz CT molecular complexity index is 324. The van der Waals surface area contributed by atoms with Crippen molar-refractivity contribution in [1.82, 2.24) is 0 Å². The summed E-state index contributed by atoms with van der Waals surface area (Å²) in [6.07, 6.45) is 4.30. The van der Waals surface area contributed by atoms with Crippen LogP contribution in [0.1, 0.15) is 41.2 Å². The lowest BCUT2D eigenvalue weighted by molar-refractivity contribution is 0.0911. The molecule has 16 heavy (non-hydrogen) atoms. The molecule has 2 unspecified atom stereocenters. The summed E-state index contributed by atoms with van der Waals surface area (Å²) in [4.78, 5) is 2.64. The number of aliphatic hydroxyl groups excluding tert-OH is 1. The van der Waals surface area contributed by atoms with Crippen molar-refractivity contribution in [3.8, 4) is 0 Å². The van der Waals surface area contributed by atoms with Crippen LogP contribution >= 0.6 is 11.3 Å². The zero-order chi connectivity index (χ0) is 11.5. The quantitative estimate of drug-likeness (QED) is 0.857. The van der Waals surface area contributed by atoms with Crippen LogP contribution in [-0.4, -0.2) is 18.8 Å². The zero-order valence-corrected chi connectivity index (χ0v) is 10.8. The molecular formula is C13H20O2S. The second kappa shape index (κ2) is 5.30. The van der Waals surface area contributed by atoms with Crippen molar-refractivity contribution in [3.05, 3.63) is 21.4 Å². The molecule has 1 aromatic heterocycles. The van der Waals surface area contributed by atoms with Gasteiger partial charge in [-0.2, -0.15) is 0 Å². The van der Waals surface area contributed by atoms with Crippen LogP contribution in [0.5, 0.6) is 0 Å². The van der Waals surface area contributed by atoms with Crippen LogP contribution in [-0.2, 0) is 17.6 Å². The van der Waals surface area contributed by atoms with Crippen molar-refractivity contribution in [3.63, 3.8) is 0 Å². The van der Waals surface area contributed by atoms with E-state index in [2.05, 4.69) is 13.0 Å². The van der Waals surface area contributed by atoms with Gasteiger partial charge < -0.3 is 9.84 Å². The molecule has 0 amide bonds. The standard InChI is InChI=1S/C13H20O2S/c1-9(6-7-15-2)13(14)12-8-10-4-3-5-11(10)16-12/h8-9,13-14H,3-7H2,1-2H3. The predicted molar refractivity (Wildman–Crippen MR) is 67.0 cm³/mol. The summed E-state index contributed by atoms with van der Waals surface area (Å²) in [5, 5.41) is 10.2. The molecule has 0 bridgehead atoms. The number of fused-ring (bicyclic) bond motifs is 1. The molecule has 0 radical (unpaired) electrons. The Balaban J connectivity index is 2.00. The van der Waals surface area contributed by atoms with E-state index >= 15 is 0 Å². The Hall–Kier alpha value is -0.380. The van der Waals surface area contributed by atoms with Gasteiger partial charge in [0.1, 0.15) is 0 Å². The van der Waals surface area contributed by atoms with E-state index in [1.54, 1.807) is 18.4 Å². The maximum atomic E-state index is 10.2. The molecule has 1 aromatic rings. The molecule has 3 heteroatoms. The van der Waals surface area contributed by atoms with Crippen LogP contribution in [0.3, 0.4) is 0 Å². The largest absolute Gasteiger partial charge is 0.387 e. The van der Waals surface area contributed by atoms with Gasteiger partial charge >= 0.3 is 0 Å². The van der Waals surface area contributed by atoms with E-state index in [-0.39, 0.29) is 12.0 Å². The van der Waals surface area contributed by atoms with Gasteiger partial charge in [0, 0.05) is 23.5 Å². The summed E-state index contributed by atoms with van der Waals surface area (Å²) in [5.74, 6) is 0.277. The Morgan fingerprint density at radius 3 is 3.00 bits per heavy atom. The van der Waals surface area contributed by atoms with E-state index in [1.165, 1.54) is 29.7 Å². The van der Waals surface area contributed by atoms with Crippen LogP contribution in [0.4, 0.5) is 0 Å². The highest BCUT2D eigenvalue weighted by atomic mass is 32.1. The first-order valence-electron chi connectivity index (χ1n) is 6.01. The molecule has 1 heterocycles. The van der Waals surface area contributed by atoms with E-state index in [9.17, 15) is 5.11 Å². The molecule has 0 aliphatic heterocycles. The van der Waals surface area contributed by atoms with Crippen LogP contribution in [0, 0.1) is 5.92 Å². The van der Waals surface area contributed by atoms with Gasteiger partial charge in [0.15, 0.2) is 0 Å². The first-order valence-corrected chi connectivity index (χ1v) is 6.82. The summed E-state index contributed by atoms with van der Waals surface area (Å²) >= 11 is 1.80. The van der Waals surface area contributed by atoms with Gasteiger partial charge in [-0.3, -0.25) is 0 Å². The monoisotopic (exact) mass is 240 g/mol. The van der Waals surface area contributed by atoms with Crippen molar-refractivity contribution >= 4 is 11.3 Å². The third-order valence-electron chi connectivity index (χ3n) is 3.37. The minimum Gasteiger partial charge on any atom is -0.387 e. The second-order valence-electron chi connectivity index (χ2n) is 4.65. The van der Waals surface area contributed by atoms with Crippen molar-refractivity contribution in [2.24, 2.45) is 5.92 Å². The molecule has 0 fully saturated rings. The average Bonchev–Trinajstić information content (AvgIpc) is 2.84. The van der Waals surface area contributed by atoms with Gasteiger partial charge in [-0.05, 0) is 43.2 Å². The lowest BCUT2D eigenvalue weighted by atomic mass is 10.00. The minimum atomic E-state index is -0.314. The molecule has 0 saturated carbocycles. The average molecular weight is 240 g/mol. The summed E-state index contributed by atoms with van der Waals surface area (Å²) in [5.41, 5.74) is 1.47. The first kappa shape index (κ1) is 12.1. The summed E-state index contributed by atoms with van der Waals surface area (Å²) in [6, 6.07) is 2.21. The normalized spacial score (nSPS) is 18.4. The van der Waals surface area contributed by atoms with Gasteiger partial charge in [0.05, 0.1) is 6.10 Å². The maximum Gasteiger partial charge on any atom is 0.0908 e.